The summed E-state index contributed by atoms with van der Waals surface area (Å²) >= 11 is 0. The minimum Gasteiger partial charge on any atom is -0.371 e. The van der Waals surface area contributed by atoms with Crippen molar-refractivity contribution >= 4 is 15.5 Å². The lowest BCUT2D eigenvalue weighted by molar-refractivity contribution is -0.137. The molecule has 0 spiro atoms. The molecule has 3 rings (SSSR count). The normalized spacial score (nSPS) is 12.2. The molecule has 0 bridgehead atoms. The first-order valence-electron chi connectivity index (χ1n) is 11.1. The van der Waals surface area contributed by atoms with Crippen molar-refractivity contribution in [3.8, 4) is 22.5 Å². The summed E-state index contributed by atoms with van der Waals surface area (Å²) in [5.74, 6) is 0.302. The number of benzene rings is 2. The second-order valence-electron chi connectivity index (χ2n) is 8.16. The average Bonchev–Trinajstić information content (AvgIpc) is 3.32. The molecular formula is C23H28F3N5O2S. The first-order chi connectivity index (χ1) is 16.1. The standard InChI is InChI=1S/C23H28F3N5O2S/c1-4-6-12-31(13-7-5-2)19-14-17(22-27-29-30-28-22)15-20(34(3,32)33)21(19)16-8-10-18(11-9-16)23(24,25)26/h8-11,14-15H,4-7,12-13H2,1-3H3,(H,27,28,29,30). The molecule has 11 heteroatoms. The Balaban J connectivity index is 2.31. The third-order valence-electron chi connectivity index (χ3n) is 5.50. The number of alkyl halides is 3. The fraction of sp³-hybridized carbons (Fsp3) is 0.435. The zero-order valence-electron chi connectivity index (χ0n) is 19.4. The lowest BCUT2D eigenvalue weighted by atomic mass is 9.98. The quantitative estimate of drug-likeness (QED) is 0.407. The SMILES string of the molecule is CCCCN(CCCC)c1cc(-c2nnn[nH]2)cc(S(C)(=O)=O)c1-c1ccc(C(F)(F)F)cc1. The molecule has 0 saturated heterocycles. The molecule has 1 N–H and O–H groups in total. The van der Waals surface area contributed by atoms with Gasteiger partial charge in [-0.05, 0) is 53.1 Å². The van der Waals surface area contributed by atoms with Crippen LogP contribution in [0.4, 0.5) is 18.9 Å². The number of H-pyrrole nitrogens is 1. The summed E-state index contributed by atoms with van der Waals surface area (Å²) in [5.41, 5.74) is 1.07. The number of aromatic amines is 1. The summed E-state index contributed by atoms with van der Waals surface area (Å²) in [5, 5.41) is 13.8. The van der Waals surface area contributed by atoms with Gasteiger partial charge >= 0.3 is 6.18 Å². The highest BCUT2D eigenvalue weighted by atomic mass is 32.2. The molecule has 7 nitrogen and oxygen atoms in total. The van der Waals surface area contributed by atoms with Gasteiger partial charge in [-0.3, -0.25) is 0 Å². The number of nitrogens with zero attached hydrogens (tertiary/aromatic N) is 4. The van der Waals surface area contributed by atoms with Crippen molar-refractivity contribution in [2.75, 3.05) is 24.2 Å². The van der Waals surface area contributed by atoms with Gasteiger partial charge in [0.05, 0.1) is 10.5 Å². The third-order valence-corrected chi connectivity index (χ3v) is 6.63. The van der Waals surface area contributed by atoms with E-state index >= 15 is 0 Å². The van der Waals surface area contributed by atoms with Crippen molar-refractivity contribution in [1.29, 1.82) is 0 Å². The van der Waals surface area contributed by atoms with Gasteiger partial charge in [0.25, 0.3) is 0 Å². The summed E-state index contributed by atoms with van der Waals surface area (Å²) in [6.45, 7) is 5.47. The summed E-state index contributed by atoms with van der Waals surface area (Å²) in [6.07, 6.45) is 0.214. The first kappa shape index (κ1) is 25.7. The van der Waals surface area contributed by atoms with Crippen LogP contribution in [0.15, 0.2) is 41.3 Å². The van der Waals surface area contributed by atoms with Crippen molar-refractivity contribution in [2.45, 2.75) is 50.6 Å². The second kappa shape index (κ2) is 10.5. The number of rotatable bonds is 10. The van der Waals surface area contributed by atoms with Gasteiger partial charge in [-0.1, -0.05) is 38.8 Å². The molecule has 0 atom stereocenters. The van der Waals surface area contributed by atoms with Gasteiger partial charge in [-0.25, -0.2) is 13.5 Å². The van der Waals surface area contributed by atoms with Crippen LogP contribution in [0.1, 0.15) is 45.1 Å². The van der Waals surface area contributed by atoms with E-state index in [0.717, 1.165) is 44.1 Å². The number of hydrogen-bond donors (Lipinski definition) is 1. The number of nitrogens with one attached hydrogen (secondary N) is 1. The minimum atomic E-state index is -4.49. The lowest BCUT2D eigenvalue weighted by Gasteiger charge is -2.29. The zero-order valence-corrected chi connectivity index (χ0v) is 20.2. The van der Waals surface area contributed by atoms with E-state index in [2.05, 4.69) is 39.4 Å². The lowest BCUT2D eigenvalue weighted by Crippen LogP contribution is -2.27. The Bertz CT molecular complexity index is 1190. The van der Waals surface area contributed by atoms with Gasteiger partial charge in [-0.15, -0.1) is 5.10 Å². The maximum atomic E-state index is 13.2. The summed E-state index contributed by atoms with van der Waals surface area (Å²) in [6, 6.07) is 7.86. The second-order valence-corrected chi connectivity index (χ2v) is 10.1. The molecule has 0 saturated carbocycles. The van der Waals surface area contributed by atoms with Crippen LogP contribution < -0.4 is 4.90 Å². The van der Waals surface area contributed by atoms with E-state index in [-0.39, 0.29) is 4.90 Å². The molecular weight excluding hydrogens is 467 g/mol. The van der Waals surface area contributed by atoms with Gasteiger partial charge in [-0.2, -0.15) is 13.2 Å². The molecule has 1 aromatic heterocycles. The molecule has 0 unspecified atom stereocenters. The van der Waals surface area contributed by atoms with Crippen LogP contribution in [0.2, 0.25) is 0 Å². The molecule has 2 aromatic carbocycles. The van der Waals surface area contributed by atoms with E-state index in [1.54, 1.807) is 6.07 Å². The Kier molecular flexibility index (Phi) is 7.96. The van der Waals surface area contributed by atoms with Gasteiger partial charge in [0, 0.05) is 36.2 Å². The van der Waals surface area contributed by atoms with Gasteiger partial charge < -0.3 is 4.90 Å². The Morgan fingerprint density at radius 1 is 0.971 bits per heavy atom. The Morgan fingerprint density at radius 3 is 2.06 bits per heavy atom. The zero-order chi connectivity index (χ0) is 24.9. The van der Waals surface area contributed by atoms with Crippen molar-refractivity contribution in [3.63, 3.8) is 0 Å². The van der Waals surface area contributed by atoms with Gasteiger partial charge in [0.2, 0.25) is 0 Å². The summed E-state index contributed by atoms with van der Waals surface area (Å²) in [4.78, 5) is 2.11. The number of aromatic nitrogens is 4. The van der Waals surface area contributed by atoms with Crippen LogP contribution in [0, 0.1) is 0 Å². The maximum Gasteiger partial charge on any atom is 0.416 e. The molecule has 0 amide bonds. The number of unbranched alkanes of at least 4 members (excludes halogenated alkanes) is 2. The molecule has 0 aliphatic rings. The molecule has 0 aliphatic heterocycles. The van der Waals surface area contributed by atoms with E-state index in [9.17, 15) is 21.6 Å². The van der Waals surface area contributed by atoms with Crippen LogP contribution in [-0.2, 0) is 16.0 Å². The predicted molar refractivity (Wildman–Crippen MR) is 125 cm³/mol. The van der Waals surface area contributed by atoms with Crippen LogP contribution in [0.3, 0.4) is 0 Å². The number of sulfone groups is 1. The Labute approximate surface area is 197 Å². The summed E-state index contributed by atoms with van der Waals surface area (Å²) in [7, 11) is -3.76. The predicted octanol–water partition coefficient (Wildman–Crippen LogP) is 5.36. The molecule has 1 heterocycles. The Hall–Kier alpha value is -2.95. The smallest absolute Gasteiger partial charge is 0.371 e. The largest absolute Gasteiger partial charge is 0.416 e. The molecule has 0 radical (unpaired) electrons. The van der Waals surface area contributed by atoms with E-state index in [1.165, 1.54) is 18.2 Å². The van der Waals surface area contributed by atoms with Crippen molar-refractivity contribution in [1.82, 2.24) is 20.6 Å². The van der Waals surface area contributed by atoms with E-state index in [1.807, 2.05) is 0 Å². The van der Waals surface area contributed by atoms with E-state index in [4.69, 9.17) is 0 Å². The van der Waals surface area contributed by atoms with Gasteiger partial charge in [0.15, 0.2) is 15.7 Å². The Morgan fingerprint density at radius 2 is 1.59 bits per heavy atom. The number of tetrazole rings is 1. The fourth-order valence-corrected chi connectivity index (χ4v) is 4.66. The minimum absolute atomic E-state index is 0.00848. The van der Waals surface area contributed by atoms with Crippen molar-refractivity contribution < 1.29 is 21.6 Å². The first-order valence-corrected chi connectivity index (χ1v) is 13.0. The van der Waals surface area contributed by atoms with Crippen molar-refractivity contribution in [2.24, 2.45) is 0 Å². The molecule has 3 aromatic rings. The maximum absolute atomic E-state index is 13.2. The number of halogens is 3. The monoisotopic (exact) mass is 495 g/mol. The van der Waals surface area contributed by atoms with Crippen LogP contribution >= 0.6 is 0 Å². The fourth-order valence-electron chi connectivity index (χ4n) is 3.73. The molecule has 34 heavy (non-hydrogen) atoms. The van der Waals surface area contributed by atoms with Crippen LogP contribution in [-0.4, -0.2) is 48.4 Å². The van der Waals surface area contributed by atoms with E-state index in [0.29, 0.717) is 41.3 Å². The van der Waals surface area contributed by atoms with Crippen LogP contribution in [0.25, 0.3) is 22.5 Å². The number of hydrogen-bond acceptors (Lipinski definition) is 6. The highest BCUT2D eigenvalue weighted by Crippen LogP contribution is 2.41. The average molecular weight is 496 g/mol. The van der Waals surface area contributed by atoms with Gasteiger partial charge in [0.1, 0.15) is 0 Å². The topological polar surface area (TPSA) is 91.8 Å². The highest BCUT2D eigenvalue weighted by Gasteiger charge is 2.31. The third kappa shape index (κ3) is 5.94. The van der Waals surface area contributed by atoms with Crippen molar-refractivity contribution in [3.05, 3.63) is 42.0 Å². The van der Waals surface area contributed by atoms with Crippen LogP contribution in [0.5, 0.6) is 0 Å². The molecule has 0 aliphatic carbocycles. The number of anilines is 1. The molecule has 184 valence electrons. The highest BCUT2D eigenvalue weighted by molar-refractivity contribution is 7.90. The molecule has 0 fully saturated rings. The van der Waals surface area contributed by atoms with E-state index < -0.39 is 21.6 Å². The summed E-state index contributed by atoms with van der Waals surface area (Å²) < 4.78 is 65.3.